The number of thioether (sulfide) groups is 2. The van der Waals surface area contributed by atoms with Crippen molar-refractivity contribution < 1.29 is 4.79 Å². The lowest BCUT2D eigenvalue weighted by atomic mass is 9.85. The predicted molar refractivity (Wildman–Crippen MR) is 120 cm³/mol. The third kappa shape index (κ3) is 4.21. The second kappa shape index (κ2) is 8.99. The molecule has 2 aromatic rings. The fourth-order valence-electron chi connectivity index (χ4n) is 4.06. The number of hydrogen-bond acceptors (Lipinski definition) is 5. The van der Waals surface area contributed by atoms with Gasteiger partial charge in [0, 0.05) is 15.7 Å². The number of hydrogen-bond donors (Lipinski definition) is 0. The summed E-state index contributed by atoms with van der Waals surface area (Å²) in [6.07, 6.45) is 7.08. The van der Waals surface area contributed by atoms with E-state index in [1.165, 1.54) is 42.2 Å². The number of rotatable bonds is 5. The molecule has 0 bridgehead atoms. The lowest BCUT2D eigenvalue weighted by Gasteiger charge is -2.40. The van der Waals surface area contributed by atoms with E-state index in [1.54, 1.807) is 23.1 Å². The largest absolute Gasteiger partial charge is 0.291 e. The van der Waals surface area contributed by atoms with Gasteiger partial charge in [-0.3, -0.25) is 9.69 Å². The van der Waals surface area contributed by atoms with Crippen molar-refractivity contribution in [2.45, 2.75) is 37.0 Å². The molecule has 2 aliphatic heterocycles. The zero-order valence-corrected chi connectivity index (χ0v) is 18.0. The maximum Gasteiger partial charge on any atom is 0.201 e. The van der Waals surface area contributed by atoms with Gasteiger partial charge in [0.1, 0.15) is 0 Å². The van der Waals surface area contributed by atoms with E-state index in [-0.39, 0.29) is 11.7 Å². The molecular weight excluding hydrogens is 390 g/mol. The smallest absolute Gasteiger partial charge is 0.201 e. The van der Waals surface area contributed by atoms with Crippen LogP contribution in [0.2, 0.25) is 0 Å². The van der Waals surface area contributed by atoms with E-state index in [0.717, 1.165) is 16.9 Å². The second-order valence-corrected chi connectivity index (χ2v) is 10.3. The van der Waals surface area contributed by atoms with E-state index in [4.69, 9.17) is 0 Å². The predicted octanol–water partition coefficient (Wildman–Crippen LogP) is 6.24. The molecule has 1 saturated heterocycles. The van der Waals surface area contributed by atoms with Crippen molar-refractivity contribution in [1.82, 2.24) is 4.90 Å². The van der Waals surface area contributed by atoms with Gasteiger partial charge in [-0.15, -0.1) is 23.1 Å². The zero-order valence-electron chi connectivity index (χ0n) is 15.6. The summed E-state index contributed by atoms with van der Waals surface area (Å²) in [6, 6.07) is 14.6. The Balaban J connectivity index is 1.73. The molecule has 0 aliphatic carbocycles. The second-order valence-electron chi connectivity index (χ2n) is 7.08. The number of ketones is 1. The number of Topliss-reactive ketones (excluding diaryl/α,β-unsaturated/α-hetero) is 1. The Bertz CT molecular complexity index is 794. The molecule has 5 heteroatoms. The van der Waals surface area contributed by atoms with E-state index < -0.39 is 0 Å². The summed E-state index contributed by atoms with van der Waals surface area (Å²) in [4.78, 5) is 16.9. The van der Waals surface area contributed by atoms with E-state index in [2.05, 4.69) is 41.5 Å². The van der Waals surface area contributed by atoms with Gasteiger partial charge in [-0.25, -0.2) is 0 Å². The summed E-state index contributed by atoms with van der Waals surface area (Å²) < 4.78 is 1.21. The number of piperidine rings is 1. The summed E-state index contributed by atoms with van der Waals surface area (Å²) in [6.45, 7) is 2.38. The number of carbonyl (C=O) groups excluding carboxylic acids is 1. The van der Waals surface area contributed by atoms with Crippen molar-refractivity contribution in [2.24, 2.45) is 0 Å². The van der Waals surface area contributed by atoms with Gasteiger partial charge in [-0.2, -0.15) is 0 Å². The number of carbonyl (C=O) groups is 1. The van der Waals surface area contributed by atoms with Crippen LogP contribution in [0.5, 0.6) is 0 Å². The van der Waals surface area contributed by atoms with Crippen molar-refractivity contribution in [3.05, 3.63) is 68.1 Å². The number of likely N-dealkylation sites (tertiary alicyclic amines) is 1. The Kier molecular flexibility index (Phi) is 6.43. The quantitative estimate of drug-likeness (QED) is 0.539. The fraction of sp³-hybridized carbons (Fsp3) is 0.409. The maximum absolute atomic E-state index is 13.4. The third-order valence-corrected chi connectivity index (χ3v) is 8.87. The van der Waals surface area contributed by atoms with Gasteiger partial charge < -0.3 is 0 Å². The Morgan fingerprint density at radius 1 is 1.07 bits per heavy atom. The van der Waals surface area contributed by atoms with E-state index in [0.29, 0.717) is 5.37 Å². The van der Waals surface area contributed by atoms with Crippen molar-refractivity contribution >= 4 is 40.6 Å². The van der Waals surface area contributed by atoms with E-state index in [1.807, 2.05) is 29.3 Å². The van der Waals surface area contributed by atoms with Gasteiger partial charge in [-0.05, 0) is 55.6 Å². The molecule has 0 saturated carbocycles. The molecule has 2 aliphatic rings. The molecule has 1 aromatic carbocycles. The van der Waals surface area contributed by atoms with E-state index >= 15 is 0 Å². The van der Waals surface area contributed by atoms with Crippen LogP contribution < -0.4 is 0 Å². The molecule has 1 aromatic heterocycles. The summed E-state index contributed by atoms with van der Waals surface area (Å²) in [5, 5.41) is 2.47. The van der Waals surface area contributed by atoms with Gasteiger partial charge in [0.05, 0.1) is 10.3 Å². The van der Waals surface area contributed by atoms with E-state index in [9.17, 15) is 4.79 Å². The normalized spacial score (nSPS) is 24.2. The Morgan fingerprint density at radius 3 is 2.52 bits per heavy atom. The highest BCUT2D eigenvalue weighted by Gasteiger charge is 2.37. The molecule has 0 spiro atoms. The van der Waals surface area contributed by atoms with Crippen molar-refractivity contribution in [1.29, 1.82) is 0 Å². The molecule has 2 nitrogen and oxygen atoms in total. The minimum atomic E-state index is 0.177. The van der Waals surface area contributed by atoms with Crippen LogP contribution in [-0.4, -0.2) is 35.4 Å². The first kappa shape index (κ1) is 19.3. The maximum atomic E-state index is 13.4. The van der Waals surface area contributed by atoms with Gasteiger partial charge in [0.2, 0.25) is 5.78 Å². The zero-order chi connectivity index (χ0) is 18.6. The number of benzene rings is 1. The summed E-state index contributed by atoms with van der Waals surface area (Å²) in [7, 11) is 0. The topological polar surface area (TPSA) is 20.3 Å². The van der Waals surface area contributed by atoms with Crippen LogP contribution in [0.15, 0.2) is 57.7 Å². The Hall–Kier alpha value is -1.01. The number of thiophene rings is 1. The van der Waals surface area contributed by atoms with Crippen molar-refractivity contribution in [2.75, 3.05) is 19.3 Å². The van der Waals surface area contributed by atoms with Gasteiger partial charge >= 0.3 is 0 Å². The SMILES string of the molecule is CSC1=C(C(=O)c2cccs2)C(c2ccccc2)CC(N2CCCCC2)S1. The van der Waals surface area contributed by atoms with Crippen LogP contribution in [-0.2, 0) is 0 Å². The summed E-state index contributed by atoms with van der Waals surface area (Å²) in [5.41, 5.74) is 2.28. The molecule has 0 radical (unpaired) electrons. The van der Waals surface area contributed by atoms with Gasteiger partial charge in [-0.1, -0.05) is 54.6 Å². The summed E-state index contributed by atoms with van der Waals surface area (Å²) in [5.74, 6) is 0.393. The first-order valence-electron chi connectivity index (χ1n) is 9.60. The van der Waals surface area contributed by atoms with Gasteiger partial charge in [0.25, 0.3) is 0 Å². The minimum Gasteiger partial charge on any atom is -0.291 e. The lowest BCUT2D eigenvalue weighted by molar-refractivity contribution is 0.102. The standard InChI is InChI=1S/C22H25NOS3/c1-25-22-20(21(24)18-11-8-14-26-18)17(16-9-4-2-5-10-16)15-19(27-22)23-12-6-3-7-13-23/h2,4-5,8-11,14,17,19H,3,6-7,12-13,15H2,1H3. The number of nitrogens with zero attached hydrogens (tertiary/aromatic N) is 1. The van der Waals surface area contributed by atoms with Crippen LogP contribution in [0.3, 0.4) is 0 Å². The highest BCUT2D eigenvalue weighted by Crippen LogP contribution is 2.50. The van der Waals surface area contributed by atoms with Crippen molar-refractivity contribution in [3.8, 4) is 0 Å². The monoisotopic (exact) mass is 415 g/mol. The lowest BCUT2D eigenvalue weighted by Crippen LogP contribution is -2.40. The van der Waals surface area contributed by atoms with Gasteiger partial charge in [0.15, 0.2) is 0 Å². The van der Waals surface area contributed by atoms with Crippen LogP contribution in [0.4, 0.5) is 0 Å². The average Bonchev–Trinajstić information content (AvgIpc) is 3.28. The fourth-order valence-corrected chi connectivity index (χ4v) is 7.17. The van der Waals surface area contributed by atoms with Crippen molar-refractivity contribution in [3.63, 3.8) is 0 Å². The highest BCUT2D eigenvalue weighted by molar-refractivity contribution is 8.22. The molecule has 1 fully saturated rings. The van der Waals surface area contributed by atoms with Crippen LogP contribution >= 0.6 is 34.9 Å². The highest BCUT2D eigenvalue weighted by atomic mass is 32.2. The molecule has 2 unspecified atom stereocenters. The average molecular weight is 416 g/mol. The molecule has 3 heterocycles. The number of allylic oxidation sites excluding steroid dienone is 1. The summed E-state index contributed by atoms with van der Waals surface area (Å²) >= 11 is 5.22. The minimum absolute atomic E-state index is 0.177. The van der Waals surface area contributed by atoms with Crippen LogP contribution in [0, 0.1) is 0 Å². The molecule has 27 heavy (non-hydrogen) atoms. The Morgan fingerprint density at radius 2 is 1.85 bits per heavy atom. The molecule has 0 amide bonds. The molecule has 4 rings (SSSR count). The first-order valence-corrected chi connectivity index (χ1v) is 12.6. The van der Waals surface area contributed by atoms with Crippen LogP contribution in [0.25, 0.3) is 0 Å². The molecule has 0 N–H and O–H groups in total. The molecular formula is C22H25NOS3. The first-order chi connectivity index (χ1) is 13.3. The van der Waals surface area contributed by atoms with Crippen LogP contribution in [0.1, 0.15) is 46.8 Å². The third-order valence-electron chi connectivity index (χ3n) is 5.42. The molecule has 142 valence electrons. The molecule has 2 atom stereocenters. The Labute approximate surface area is 174 Å².